The Bertz CT molecular complexity index is 558. The van der Waals surface area contributed by atoms with Crippen LogP contribution in [0.1, 0.15) is 41.9 Å². The number of nitrogens with two attached hydrogens (primary N) is 1. The van der Waals surface area contributed by atoms with Crippen molar-refractivity contribution in [2.24, 2.45) is 5.73 Å². The molecule has 0 saturated heterocycles. The lowest BCUT2D eigenvalue weighted by molar-refractivity contribution is 0.650. The molecule has 1 unspecified atom stereocenters. The van der Waals surface area contributed by atoms with Crippen LogP contribution < -0.4 is 5.73 Å². The molecule has 19 heavy (non-hydrogen) atoms. The first kappa shape index (κ1) is 14.1. The van der Waals surface area contributed by atoms with E-state index in [-0.39, 0.29) is 6.04 Å². The van der Waals surface area contributed by atoms with Gasteiger partial charge in [-0.3, -0.25) is 4.68 Å². The van der Waals surface area contributed by atoms with Gasteiger partial charge in [0.05, 0.1) is 12.2 Å². The number of aromatic nitrogens is 2. The summed E-state index contributed by atoms with van der Waals surface area (Å²) in [5, 5.41) is 5.36. The van der Waals surface area contributed by atoms with Gasteiger partial charge in [0.2, 0.25) is 0 Å². The molecule has 0 spiro atoms. The summed E-state index contributed by atoms with van der Waals surface area (Å²) >= 11 is 5.90. The average Bonchev–Trinajstić information content (AvgIpc) is 2.66. The van der Waals surface area contributed by atoms with Crippen molar-refractivity contribution in [1.29, 1.82) is 0 Å². The van der Waals surface area contributed by atoms with Crippen molar-refractivity contribution in [3.05, 3.63) is 51.8 Å². The van der Waals surface area contributed by atoms with Gasteiger partial charge < -0.3 is 5.73 Å². The Morgan fingerprint density at radius 2 is 1.89 bits per heavy atom. The molecule has 102 valence electrons. The van der Waals surface area contributed by atoms with E-state index in [1.807, 2.05) is 35.9 Å². The topological polar surface area (TPSA) is 43.8 Å². The molecule has 0 radical (unpaired) electrons. The molecule has 1 heterocycles. The number of hydrogen-bond donors (Lipinski definition) is 1. The monoisotopic (exact) mass is 277 g/mol. The normalized spacial score (nSPS) is 12.7. The summed E-state index contributed by atoms with van der Waals surface area (Å²) in [6.45, 7) is 6.96. The first-order valence-corrected chi connectivity index (χ1v) is 6.94. The summed E-state index contributed by atoms with van der Waals surface area (Å²) in [6.07, 6.45) is 0.925. The lowest BCUT2D eigenvalue weighted by Crippen LogP contribution is -2.11. The van der Waals surface area contributed by atoms with E-state index in [2.05, 4.69) is 18.9 Å². The van der Waals surface area contributed by atoms with E-state index in [1.54, 1.807) is 0 Å². The molecule has 3 nitrogen and oxygen atoms in total. The molecule has 0 fully saturated rings. The molecule has 2 N–H and O–H groups in total. The molecule has 4 heteroatoms. The fraction of sp³-hybridized carbons (Fsp3) is 0.400. The molecular formula is C15H20ClN3. The van der Waals surface area contributed by atoms with E-state index in [0.717, 1.165) is 29.4 Å². The molecular weight excluding hydrogens is 258 g/mol. The van der Waals surface area contributed by atoms with Crippen molar-refractivity contribution in [3.8, 4) is 0 Å². The molecule has 2 rings (SSSR count). The second kappa shape index (κ2) is 5.76. The van der Waals surface area contributed by atoms with Crippen LogP contribution in [0.3, 0.4) is 0 Å². The number of aryl methyl sites for hydroxylation is 1. The third-order valence-corrected chi connectivity index (χ3v) is 3.75. The number of benzene rings is 1. The van der Waals surface area contributed by atoms with Crippen molar-refractivity contribution in [1.82, 2.24) is 9.78 Å². The zero-order valence-corrected chi connectivity index (χ0v) is 12.4. The maximum atomic E-state index is 6.15. The third kappa shape index (κ3) is 2.99. The highest BCUT2D eigenvalue weighted by atomic mass is 35.5. The lowest BCUT2D eigenvalue weighted by atomic mass is 10.0. The third-order valence-electron chi connectivity index (χ3n) is 3.49. The van der Waals surface area contributed by atoms with E-state index in [4.69, 9.17) is 17.3 Å². The van der Waals surface area contributed by atoms with E-state index in [9.17, 15) is 0 Å². The molecule has 1 aromatic carbocycles. The van der Waals surface area contributed by atoms with Crippen LogP contribution in [0.15, 0.2) is 24.3 Å². The van der Waals surface area contributed by atoms with Gasteiger partial charge >= 0.3 is 0 Å². The largest absolute Gasteiger partial charge is 0.324 e. The maximum Gasteiger partial charge on any atom is 0.0662 e. The van der Waals surface area contributed by atoms with Gasteiger partial charge in [-0.05, 0) is 38.0 Å². The summed E-state index contributed by atoms with van der Waals surface area (Å²) in [4.78, 5) is 0. The quantitative estimate of drug-likeness (QED) is 0.928. The van der Waals surface area contributed by atoms with Gasteiger partial charge in [0.15, 0.2) is 0 Å². The second-order valence-electron chi connectivity index (χ2n) is 4.88. The van der Waals surface area contributed by atoms with E-state index >= 15 is 0 Å². The summed E-state index contributed by atoms with van der Waals surface area (Å²) < 4.78 is 2.02. The van der Waals surface area contributed by atoms with Crippen LogP contribution in [0, 0.1) is 13.8 Å². The van der Waals surface area contributed by atoms with Crippen LogP contribution >= 0.6 is 11.6 Å². The highest BCUT2D eigenvalue weighted by Gasteiger charge is 2.16. The Morgan fingerprint density at radius 1 is 1.26 bits per heavy atom. The highest BCUT2D eigenvalue weighted by Crippen LogP contribution is 2.22. The zero-order valence-electron chi connectivity index (χ0n) is 11.7. The Balaban J connectivity index is 2.29. The number of hydrogen-bond acceptors (Lipinski definition) is 2. The summed E-state index contributed by atoms with van der Waals surface area (Å²) in [6, 6.07) is 7.93. The molecule has 2 aromatic rings. The predicted molar refractivity (Wildman–Crippen MR) is 79.5 cm³/mol. The van der Waals surface area contributed by atoms with Crippen LogP contribution in [0.25, 0.3) is 0 Å². The van der Waals surface area contributed by atoms with E-state index < -0.39 is 0 Å². The van der Waals surface area contributed by atoms with Crippen LogP contribution in [-0.4, -0.2) is 9.78 Å². The van der Waals surface area contributed by atoms with Crippen molar-refractivity contribution in [2.75, 3.05) is 0 Å². The van der Waals surface area contributed by atoms with Crippen LogP contribution in [0.4, 0.5) is 0 Å². The molecule has 0 aliphatic rings. The van der Waals surface area contributed by atoms with Crippen LogP contribution in [0.5, 0.6) is 0 Å². The van der Waals surface area contributed by atoms with Crippen molar-refractivity contribution in [3.63, 3.8) is 0 Å². The second-order valence-corrected chi connectivity index (χ2v) is 5.32. The Kier molecular flexibility index (Phi) is 4.27. The van der Waals surface area contributed by atoms with E-state index in [1.165, 1.54) is 11.1 Å². The van der Waals surface area contributed by atoms with Crippen molar-refractivity contribution >= 4 is 11.6 Å². The number of halogens is 1. The SMILES string of the molecule is CCC(N)c1c(C)nn(Cc2ccc(Cl)cc2)c1C. The Labute approximate surface area is 119 Å². The molecule has 0 saturated carbocycles. The van der Waals surface area contributed by atoms with Crippen LogP contribution in [-0.2, 0) is 6.54 Å². The minimum absolute atomic E-state index is 0.0685. The number of nitrogens with zero attached hydrogens (tertiary/aromatic N) is 2. The molecule has 0 bridgehead atoms. The Hall–Kier alpha value is -1.32. The first-order chi connectivity index (χ1) is 9.02. The summed E-state index contributed by atoms with van der Waals surface area (Å²) in [7, 11) is 0. The average molecular weight is 278 g/mol. The van der Waals surface area contributed by atoms with Gasteiger partial charge in [-0.2, -0.15) is 5.10 Å². The predicted octanol–water partition coefficient (Wildman–Crippen LogP) is 3.61. The zero-order chi connectivity index (χ0) is 14.0. The maximum absolute atomic E-state index is 6.15. The Morgan fingerprint density at radius 3 is 2.47 bits per heavy atom. The number of rotatable bonds is 4. The smallest absolute Gasteiger partial charge is 0.0662 e. The fourth-order valence-electron chi connectivity index (χ4n) is 2.37. The molecule has 1 atom stereocenters. The standard InChI is InChI=1S/C15H20ClN3/c1-4-14(17)15-10(2)18-19(11(15)3)9-12-5-7-13(16)8-6-12/h5-8,14H,4,9,17H2,1-3H3. The summed E-state index contributed by atoms with van der Waals surface area (Å²) in [5.74, 6) is 0. The fourth-order valence-corrected chi connectivity index (χ4v) is 2.49. The summed E-state index contributed by atoms with van der Waals surface area (Å²) in [5.41, 5.74) is 10.7. The van der Waals surface area contributed by atoms with Crippen molar-refractivity contribution in [2.45, 2.75) is 39.8 Å². The first-order valence-electron chi connectivity index (χ1n) is 6.56. The van der Waals surface area contributed by atoms with Gasteiger partial charge in [0.25, 0.3) is 0 Å². The minimum atomic E-state index is 0.0685. The molecule has 0 amide bonds. The van der Waals surface area contributed by atoms with Gasteiger partial charge in [-0.25, -0.2) is 0 Å². The molecule has 0 aliphatic carbocycles. The van der Waals surface area contributed by atoms with Gasteiger partial charge in [-0.1, -0.05) is 30.7 Å². The van der Waals surface area contributed by atoms with Crippen LogP contribution in [0.2, 0.25) is 5.02 Å². The van der Waals surface area contributed by atoms with E-state index in [0.29, 0.717) is 0 Å². The lowest BCUT2D eigenvalue weighted by Gasteiger charge is -2.10. The van der Waals surface area contributed by atoms with Crippen molar-refractivity contribution < 1.29 is 0 Å². The minimum Gasteiger partial charge on any atom is -0.324 e. The molecule has 0 aliphatic heterocycles. The highest BCUT2D eigenvalue weighted by molar-refractivity contribution is 6.30. The van der Waals surface area contributed by atoms with Gasteiger partial charge in [-0.15, -0.1) is 0 Å². The van der Waals surface area contributed by atoms with Gasteiger partial charge in [0, 0.05) is 22.3 Å². The van der Waals surface area contributed by atoms with Gasteiger partial charge in [0.1, 0.15) is 0 Å². The molecule has 1 aromatic heterocycles.